The van der Waals surface area contributed by atoms with Crippen LogP contribution in [0.3, 0.4) is 0 Å². The van der Waals surface area contributed by atoms with E-state index in [-0.39, 0.29) is 40.8 Å². The predicted molar refractivity (Wildman–Crippen MR) is 135 cm³/mol. The second-order valence-electron chi connectivity index (χ2n) is 10.8. The van der Waals surface area contributed by atoms with Crippen LogP contribution in [0.2, 0.25) is 0 Å². The third kappa shape index (κ3) is 9.03. The summed E-state index contributed by atoms with van der Waals surface area (Å²) in [5, 5.41) is 3.15. The lowest BCUT2D eigenvalue weighted by molar-refractivity contribution is -0.123. The van der Waals surface area contributed by atoms with Gasteiger partial charge < -0.3 is 15.8 Å². The zero-order valence-corrected chi connectivity index (χ0v) is 21.5. The Labute approximate surface area is 204 Å². The summed E-state index contributed by atoms with van der Waals surface area (Å²) in [5.41, 5.74) is 7.08. The first-order valence-corrected chi connectivity index (χ1v) is 12.1. The first-order chi connectivity index (χ1) is 15.8. The molecule has 0 bridgehead atoms. The maximum absolute atomic E-state index is 12.6. The molecule has 0 aromatic heterocycles. The van der Waals surface area contributed by atoms with Gasteiger partial charge in [-0.15, -0.1) is 0 Å². The number of anilines is 1. The summed E-state index contributed by atoms with van der Waals surface area (Å²) in [5.74, 6) is -0.450. The number of nitrogens with one attached hydrogen (secondary N) is 1. The molecule has 7 heteroatoms. The first kappa shape index (κ1) is 27.7. The van der Waals surface area contributed by atoms with Crippen molar-refractivity contribution in [2.24, 2.45) is 5.73 Å². The van der Waals surface area contributed by atoms with E-state index in [4.69, 9.17) is 10.5 Å². The lowest BCUT2D eigenvalue weighted by Gasteiger charge is -2.28. The fourth-order valence-electron chi connectivity index (χ4n) is 3.79. The van der Waals surface area contributed by atoms with Crippen LogP contribution in [-0.2, 0) is 19.1 Å². The van der Waals surface area contributed by atoms with E-state index in [1.165, 1.54) is 12.2 Å². The Morgan fingerprint density at radius 3 is 2.15 bits per heavy atom. The molecule has 1 aromatic rings. The highest BCUT2D eigenvalue weighted by Crippen LogP contribution is 2.25. The van der Waals surface area contributed by atoms with Gasteiger partial charge in [-0.05, 0) is 83.9 Å². The van der Waals surface area contributed by atoms with Gasteiger partial charge in [0.15, 0.2) is 0 Å². The molecule has 2 rings (SSSR count). The summed E-state index contributed by atoms with van der Waals surface area (Å²) >= 11 is 0. The van der Waals surface area contributed by atoms with E-state index in [1.807, 2.05) is 39.8 Å². The maximum atomic E-state index is 12.6. The van der Waals surface area contributed by atoms with E-state index < -0.39 is 0 Å². The third-order valence-corrected chi connectivity index (χ3v) is 6.14. The second-order valence-corrected chi connectivity index (χ2v) is 10.8. The van der Waals surface area contributed by atoms with Crippen molar-refractivity contribution in [2.45, 2.75) is 96.7 Å². The molecule has 0 radical (unpaired) electrons. The Morgan fingerprint density at radius 2 is 1.59 bits per heavy atom. The standard InChI is InChI=1S/C27H41N3O4/c1-19(21-8-10-22(11-9-21)30-24(32)13-14-25(30)33)7-12-23(31)29-27(5,6)16-15-20(2)34-18-17-26(3,4)28/h8-11,13-14,19-20H,7,12,15-18,28H2,1-6H3,(H,29,31). The van der Waals surface area contributed by atoms with E-state index in [1.54, 1.807) is 12.1 Å². The van der Waals surface area contributed by atoms with Crippen molar-refractivity contribution in [1.82, 2.24) is 5.32 Å². The summed E-state index contributed by atoms with van der Waals surface area (Å²) in [7, 11) is 0. The van der Waals surface area contributed by atoms with E-state index in [2.05, 4.69) is 19.2 Å². The summed E-state index contributed by atoms with van der Waals surface area (Å²) < 4.78 is 5.86. The Kier molecular flexibility index (Phi) is 9.59. The number of hydrogen-bond acceptors (Lipinski definition) is 5. The van der Waals surface area contributed by atoms with Crippen molar-refractivity contribution in [3.63, 3.8) is 0 Å². The van der Waals surface area contributed by atoms with Crippen molar-refractivity contribution < 1.29 is 19.1 Å². The van der Waals surface area contributed by atoms with Gasteiger partial charge in [0.1, 0.15) is 0 Å². The number of hydrogen-bond donors (Lipinski definition) is 2. The van der Waals surface area contributed by atoms with Gasteiger partial charge in [0.05, 0.1) is 11.8 Å². The molecule has 188 valence electrons. The fraction of sp³-hybridized carbons (Fsp3) is 0.593. The minimum Gasteiger partial charge on any atom is -0.378 e. The van der Waals surface area contributed by atoms with Crippen molar-refractivity contribution in [2.75, 3.05) is 11.5 Å². The molecule has 3 N–H and O–H groups in total. The number of nitrogens with two attached hydrogens (primary N) is 1. The van der Waals surface area contributed by atoms with Crippen LogP contribution in [0.4, 0.5) is 5.69 Å². The Bertz CT molecular complexity index is 866. The van der Waals surface area contributed by atoms with Crippen molar-refractivity contribution in [3.8, 4) is 0 Å². The number of amides is 3. The monoisotopic (exact) mass is 471 g/mol. The molecule has 2 atom stereocenters. The fourth-order valence-corrected chi connectivity index (χ4v) is 3.79. The van der Waals surface area contributed by atoms with Gasteiger partial charge in [-0.3, -0.25) is 14.4 Å². The summed E-state index contributed by atoms with van der Waals surface area (Å²) in [6.07, 6.45) is 6.29. The smallest absolute Gasteiger partial charge is 0.258 e. The van der Waals surface area contributed by atoms with Crippen LogP contribution in [-0.4, -0.2) is 41.5 Å². The molecule has 0 spiro atoms. The molecule has 0 saturated heterocycles. The molecule has 1 aliphatic heterocycles. The molecule has 7 nitrogen and oxygen atoms in total. The van der Waals surface area contributed by atoms with Crippen molar-refractivity contribution in [3.05, 3.63) is 42.0 Å². The minimum absolute atomic E-state index is 0.0336. The lowest BCUT2D eigenvalue weighted by Crippen LogP contribution is -2.44. The second kappa shape index (κ2) is 11.8. The van der Waals surface area contributed by atoms with E-state index in [0.717, 1.165) is 29.7 Å². The molecule has 1 heterocycles. The summed E-state index contributed by atoms with van der Waals surface area (Å²) in [6.45, 7) is 12.8. The van der Waals surface area contributed by atoms with E-state index in [0.29, 0.717) is 25.1 Å². The van der Waals surface area contributed by atoms with Crippen molar-refractivity contribution >= 4 is 23.4 Å². The van der Waals surface area contributed by atoms with Crippen LogP contribution in [0.25, 0.3) is 0 Å². The van der Waals surface area contributed by atoms with Crippen LogP contribution in [0.5, 0.6) is 0 Å². The molecule has 1 aliphatic rings. The number of carbonyl (C=O) groups is 3. The maximum Gasteiger partial charge on any atom is 0.258 e. The molecule has 3 amide bonds. The Morgan fingerprint density at radius 1 is 1.00 bits per heavy atom. The number of imide groups is 1. The average Bonchev–Trinajstić information content (AvgIpc) is 3.07. The molecular weight excluding hydrogens is 430 g/mol. The Balaban J connectivity index is 1.75. The van der Waals surface area contributed by atoms with Crippen LogP contribution in [0.1, 0.15) is 85.1 Å². The highest BCUT2D eigenvalue weighted by molar-refractivity contribution is 6.28. The highest BCUT2D eigenvalue weighted by Gasteiger charge is 2.25. The van der Waals surface area contributed by atoms with E-state index >= 15 is 0 Å². The average molecular weight is 472 g/mol. The summed E-state index contributed by atoms with van der Waals surface area (Å²) in [6, 6.07) is 7.37. The minimum atomic E-state index is -0.328. The van der Waals surface area contributed by atoms with Gasteiger partial charge in [-0.1, -0.05) is 19.1 Å². The van der Waals surface area contributed by atoms with Gasteiger partial charge in [-0.2, -0.15) is 0 Å². The molecule has 34 heavy (non-hydrogen) atoms. The van der Waals surface area contributed by atoms with Crippen LogP contribution in [0.15, 0.2) is 36.4 Å². The zero-order chi connectivity index (χ0) is 25.5. The van der Waals surface area contributed by atoms with Gasteiger partial charge in [0.2, 0.25) is 5.91 Å². The predicted octanol–water partition coefficient (Wildman–Crippen LogP) is 4.21. The molecular formula is C27H41N3O4. The Hall–Kier alpha value is -2.51. The van der Waals surface area contributed by atoms with E-state index in [9.17, 15) is 14.4 Å². The topological polar surface area (TPSA) is 102 Å². The highest BCUT2D eigenvalue weighted by atomic mass is 16.5. The molecule has 1 aromatic carbocycles. The number of benzene rings is 1. The summed E-state index contributed by atoms with van der Waals surface area (Å²) in [4.78, 5) is 37.4. The quantitative estimate of drug-likeness (QED) is 0.420. The SMILES string of the molecule is CC(CCC(C)(C)NC(=O)CCC(C)c1ccc(N2C(=O)C=CC2=O)cc1)OCCC(C)(C)N. The van der Waals surface area contributed by atoms with Crippen LogP contribution >= 0.6 is 0 Å². The van der Waals surface area contributed by atoms with Gasteiger partial charge in [-0.25, -0.2) is 4.90 Å². The number of ether oxygens (including phenoxy) is 1. The number of carbonyl (C=O) groups excluding carboxylic acids is 3. The molecule has 2 unspecified atom stereocenters. The van der Waals surface area contributed by atoms with Gasteiger partial charge in [0.25, 0.3) is 11.8 Å². The first-order valence-electron chi connectivity index (χ1n) is 12.1. The molecule has 0 saturated carbocycles. The lowest BCUT2D eigenvalue weighted by atomic mass is 9.94. The third-order valence-electron chi connectivity index (χ3n) is 6.14. The van der Waals surface area contributed by atoms with Gasteiger partial charge in [0, 0.05) is 36.3 Å². The number of rotatable bonds is 13. The number of nitrogens with zero attached hydrogens (tertiary/aromatic N) is 1. The molecule has 0 fully saturated rings. The van der Waals surface area contributed by atoms with Crippen LogP contribution in [0, 0.1) is 0 Å². The molecule has 0 aliphatic carbocycles. The van der Waals surface area contributed by atoms with Crippen molar-refractivity contribution in [1.29, 1.82) is 0 Å². The largest absolute Gasteiger partial charge is 0.378 e. The zero-order valence-electron chi connectivity index (χ0n) is 21.5. The van der Waals surface area contributed by atoms with Crippen LogP contribution < -0.4 is 16.0 Å². The van der Waals surface area contributed by atoms with Gasteiger partial charge >= 0.3 is 0 Å². The normalized spacial score (nSPS) is 16.1.